The van der Waals surface area contributed by atoms with Gasteiger partial charge in [0.1, 0.15) is 0 Å². The molecule has 0 bridgehead atoms. The molecule has 0 unspecified atom stereocenters. The van der Waals surface area contributed by atoms with Gasteiger partial charge in [0.25, 0.3) is 0 Å². The van der Waals surface area contributed by atoms with Crippen molar-refractivity contribution < 1.29 is 21.8 Å². The van der Waals surface area contributed by atoms with Crippen LogP contribution in [-0.4, -0.2) is 38.6 Å². The molecule has 48 valence electrons. The zero-order chi connectivity index (χ0) is 6.78. The van der Waals surface area contributed by atoms with Gasteiger partial charge in [-0.05, 0) is 0 Å². The fourth-order valence-electron chi connectivity index (χ4n) is 0.0921. The summed E-state index contributed by atoms with van der Waals surface area (Å²) in [6.07, 6.45) is 0. The first-order valence-electron chi connectivity index (χ1n) is 1.68. The summed E-state index contributed by atoms with van der Waals surface area (Å²) in [6.45, 7) is -1.08. The first-order chi connectivity index (χ1) is 3.48. The number of carbonyl (C=O) groups excluding carboxylic acids is 1. The maximum atomic E-state index is 9.85. The Morgan fingerprint density at radius 3 is 1.88 bits per heavy atom. The van der Waals surface area contributed by atoms with Gasteiger partial charge in [-0.1, -0.05) is 0 Å². The van der Waals surface area contributed by atoms with Crippen LogP contribution in [0.1, 0.15) is 0 Å². The Kier molecular flexibility index (Phi) is 2.43. The van der Waals surface area contributed by atoms with Crippen LogP contribution in [0, 0.1) is 0 Å². The van der Waals surface area contributed by atoms with E-state index in [0.29, 0.717) is 0 Å². The van der Waals surface area contributed by atoms with E-state index in [9.17, 15) is 8.53 Å². The number of hydrogen-bond donors (Lipinski definition) is 3. The van der Waals surface area contributed by atoms with Gasteiger partial charge in [0.15, 0.2) is 0 Å². The Balaban J connectivity index is 4.04. The molecular formula is C2H5AsO5. The number of hydrogen-bond acceptors (Lipinski definition) is 3. The van der Waals surface area contributed by atoms with Crippen LogP contribution in [0.4, 0.5) is 0 Å². The molecule has 0 atom stereocenters. The van der Waals surface area contributed by atoms with E-state index < -0.39 is 25.4 Å². The third kappa shape index (κ3) is 2.28. The van der Waals surface area contributed by atoms with Crippen molar-refractivity contribution in [3.8, 4) is 0 Å². The van der Waals surface area contributed by atoms with E-state index in [1.807, 2.05) is 0 Å². The van der Waals surface area contributed by atoms with Crippen LogP contribution in [0.5, 0.6) is 0 Å². The molecule has 6 heteroatoms. The molecule has 0 saturated heterocycles. The van der Waals surface area contributed by atoms with Crippen LogP contribution in [0.3, 0.4) is 0 Å². The second-order valence-corrected chi connectivity index (χ2v) is 4.43. The molecule has 0 aliphatic rings. The summed E-state index contributed by atoms with van der Waals surface area (Å²) in [4.78, 5) is 9.85. The van der Waals surface area contributed by atoms with Gasteiger partial charge in [-0.2, -0.15) is 0 Å². The van der Waals surface area contributed by atoms with Crippen LogP contribution >= 0.6 is 0 Å². The first kappa shape index (κ1) is 7.91. The van der Waals surface area contributed by atoms with Crippen LogP contribution in [0.2, 0.25) is 0 Å². The Hall–Kier alpha value is -0.0916. The van der Waals surface area contributed by atoms with Gasteiger partial charge < -0.3 is 0 Å². The molecule has 0 aliphatic carbocycles. The Bertz CT molecular complexity index is 133. The predicted octanol–water partition coefficient (Wildman–Crippen LogP) is -2.56. The van der Waals surface area contributed by atoms with E-state index in [1.165, 1.54) is 0 Å². The summed E-state index contributed by atoms with van der Waals surface area (Å²) in [5, 5.41) is 7.84. The molecule has 8 heavy (non-hydrogen) atoms. The van der Waals surface area contributed by atoms with Crippen molar-refractivity contribution >= 4 is 18.7 Å². The monoisotopic (exact) mass is 184 g/mol. The Morgan fingerprint density at radius 1 is 1.50 bits per heavy atom. The van der Waals surface area contributed by atoms with E-state index in [2.05, 4.69) is 0 Å². The van der Waals surface area contributed by atoms with Gasteiger partial charge in [0.2, 0.25) is 0 Å². The van der Waals surface area contributed by atoms with Gasteiger partial charge in [-0.3, -0.25) is 0 Å². The van der Waals surface area contributed by atoms with Gasteiger partial charge in [0.05, 0.1) is 0 Å². The maximum absolute atomic E-state index is 9.85. The molecule has 0 spiro atoms. The molecule has 0 aromatic carbocycles. The van der Waals surface area contributed by atoms with Crippen molar-refractivity contribution in [2.24, 2.45) is 0 Å². The minimum atomic E-state index is -5.20. The van der Waals surface area contributed by atoms with Gasteiger partial charge in [-0.15, -0.1) is 0 Å². The summed E-state index contributed by atoms with van der Waals surface area (Å²) in [7, 11) is 0. The molecule has 0 saturated carbocycles. The minimum absolute atomic E-state index is 1.08. The van der Waals surface area contributed by atoms with Crippen molar-refractivity contribution in [1.82, 2.24) is 0 Å². The fourth-order valence-corrected chi connectivity index (χ4v) is 0.479. The third-order valence-corrected chi connectivity index (χ3v) is 2.12. The summed E-state index contributed by atoms with van der Waals surface area (Å²) in [5.74, 6) is 0. The summed E-state index contributed by atoms with van der Waals surface area (Å²) in [5.41, 5.74) is 0. The molecule has 0 aromatic rings. The van der Waals surface area contributed by atoms with E-state index >= 15 is 0 Å². The topological polar surface area (TPSA) is 94.8 Å². The average molecular weight is 184 g/mol. The van der Waals surface area contributed by atoms with E-state index in [-0.39, 0.29) is 0 Å². The number of rotatable bonds is 2. The molecule has 0 amide bonds. The quantitative estimate of drug-likeness (QED) is 0.410. The standard InChI is InChI=1S/C2H5AsO5/c4-1-2(5)3(6,7)8/h4H,1H2,(H2,6,7,8). The SMILES string of the molecule is O=C(CO)[As](=O)(O)O. The molecule has 0 rings (SSSR count). The van der Waals surface area contributed by atoms with Crippen LogP contribution in [-0.2, 0) is 8.53 Å². The molecule has 0 fully saturated rings. The average Bonchev–Trinajstić information content (AvgIpc) is 1.62. The summed E-state index contributed by atoms with van der Waals surface area (Å²) < 4.78 is 24.3. The molecule has 0 aliphatic heterocycles. The second-order valence-electron chi connectivity index (χ2n) is 1.10. The second kappa shape index (κ2) is 2.46. The summed E-state index contributed by atoms with van der Waals surface area (Å²) in [6, 6.07) is 0. The Labute approximate surface area is 47.9 Å². The zero-order valence-corrected chi connectivity index (χ0v) is 5.69. The van der Waals surface area contributed by atoms with E-state index in [0.717, 1.165) is 0 Å². The van der Waals surface area contributed by atoms with Crippen LogP contribution in [0.25, 0.3) is 0 Å². The van der Waals surface area contributed by atoms with Gasteiger partial charge in [0, 0.05) is 0 Å². The van der Waals surface area contributed by atoms with Gasteiger partial charge in [-0.25, -0.2) is 0 Å². The third-order valence-electron chi connectivity index (χ3n) is 0.460. The zero-order valence-electron chi connectivity index (χ0n) is 3.81. The van der Waals surface area contributed by atoms with Crippen molar-refractivity contribution in [2.75, 3.05) is 6.61 Å². The van der Waals surface area contributed by atoms with Crippen molar-refractivity contribution in [1.29, 1.82) is 0 Å². The molecule has 3 N–H and O–H groups in total. The normalized spacial score (nSPS) is 11.4. The van der Waals surface area contributed by atoms with E-state index in [1.54, 1.807) is 0 Å². The molecular weight excluding hydrogens is 179 g/mol. The van der Waals surface area contributed by atoms with E-state index in [4.69, 9.17) is 13.3 Å². The summed E-state index contributed by atoms with van der Waals surface area (Å²) >= 11 is -5.20. The molecule has 0 aromatic heterocycles. The number of aliphatic hydroxyl groups is 1. The van der Waals surface area contributed by atoms with Gasteiger partial charge >= 0.3 is 47.2 Å². The van der Waals surface area contributed by atoms with Crippen LogP contribution < -0.4 is 0 Å². The molecule has 0 heterocycles. The first-order valence-corrected chi connectivity index (χ1v) is 5.06. The van der Waals surface area contributed by atoms with Crippen molar-refractivity contribution in [3.63, 3.8) is 0 Å². The Morgan fingerprint density at radius 2 is 1.88 bits per heavy atom. The molecule has 0 radical (unpaired) electrons. The van der Waals surface area contributed by atoms with Crippen molar-refractivity contribution in [3.05, 3.63) is 0 Å². The number of carbonyl (C=O) groups is 1. The fraction of sp³-hybridized carbons (Fsp3) is 0.500. The number of aliphatic hydroxyl groups excluding tert-OH is 1. The van der Waals surface area contributed by atoms with Crippen molar-refractivity contribution in [2.45, 2.75) is 0 Å². The molecule has 5 nitrogen and oxygen atoms in total. The predicted molar refractivity (Wildman–Crippen MR) is 23.0 cm³/mol. The van der Waals surface area contributed by atoms with Crippen LogP contribution in [0.15, 0.2) is 0 Å².